The van der Waals surface area contributed by atoms with Crippen LogP contribution in [0.3, 0.4) is 0 Å². The lowest BCUT2D eigenvalue weighted by Gasteiger charge is -2.11. The van der Waals surface area contributed by atoms with Crippen molar-refractivity contribution >= 4 is 75.9 Å². The van der Waals surface area contributed by atoms with Crippen molar-refractivity contribution < 1.29 is 0 Å². The molecule has 182 valence electrons. The van der Waals surface area contributed by atoms with Crippen molar-refractivity contribution in [3.63, 3.8) is 0 Å². The molecule has 9 rings (SSSR count). The second-order valence-electron chi connectivity index (χ2n) is 10.1. The van der Waals surface area contributed by atoms with Gasteiger partial charge in [0.1, 0.15) is 0 Å². The average molecular weight is 516 g/mol. The van der Waals surface area contributed by atoms with Gasteiger partial charge in [0.05, 0.1) is 37.8 Å². The van der Waals surface area contributed by atoms with E-state index in [1.165, 1.54) is 64.8 Å². The van der Waals surface area contributed by atoms with Crippen molar-refractivity contribution in [2.45, 2.75) is 0 Å². The molecule has 39 heavy (non-hydrogen) atoms. The van der Waals surface area contributed by atoms with Gasteiger partial charge in [-0.2, -0.15) is 0 Å². The van der Waals surface area contributed by atoms with E-state index >= 15 is 0 Å². The van der Waals surface area contributed by atoms with E-state index in [1.54, 1.807) is 11.3 Å². The molecule has 9 aromatic rings. The van der Waals surface area contributed by atoms with Crippen molar-refractivity contribution in [3.8, 4) is 11.4 Å². The molecule has 3 heterocycles. The van der Waals surface area contributed by atoms with Gasteiger partial charge in [-0.15, -0.1) is 11.3 Å². The smallest absolute Gasteiger partial charge is 0.0832 e. The lowest BCUT2D eigenvalue weighted by atomic mass is 10.0. The molecule has 0 saturated heterocycles. The normalized spacial score (nSPS) is 12.1. The van der Waals surface area contributed by atoms with Gasteiger partial charge in [-0.1, -0.05) is 66.7 Å². The number of nitrogens with zero attached hydrogens (tertiary/aromatic N) is 3. The van der Waals surface area contributed by atoms with E-state index in [2.05, 4.69) is 135 Å². The maximum atomic E-state index is 4.62. The minimum absolute atomic E-state index is 1.04. The van der Waals surface area contributed by atoms with Crippen LogP contribution < -0.4 is 0 Å². The summed E-state index contributed by atoms with van der Waals surface area (Å²) in [6.07, 6.45) is 0. The van der Waals surface area contributed by atoms with Crippen LogP contribution >= 0.6 is 11.3 Å². The third-order valence-corrected chi connectivity index (χ3v) is 8.84. The first-order valence-electron chi connectivity index (χ1n) is 13.1. The topological polar surface area (TPSA) is 22.8 Å². The van der Waals surface area contributed by atoms with Gasteiger partial charge in [0.15, 0.2) is 0 Å². The first-order valence-corrected chi connectivity index (χ1v) is 14.0. The monoisotopic (exact) mass is 515 g/mol. The highest BCUT2D eigenvalue weighted by molar-refractivity contribution is 7.16. The molecule has 0 N–H and O–H groups in total. The lowest BCUT2D eigenvalue weighted by Crippen LogP contribution is -1.95. The number of fused-ring (bicyclic) bond motifs is 9. The highest BCUT2D eigenvalue weighted by Crippen LogP contribution is 2.41. The highest BCUT2D eigenvalue weighted by Gasteiger charge is 2.18. The molecule has 3 nitrogen and oxygen atoms in total. The average Bonchev–Trinajstić information content (AvgIpc) is 3.68. The molecule has 0 aliphatic heterocycles. The third kappa shape index (κ3) is 2.89. The van der Waals surface area contributed by atoms with Gasteiger partial charge in [-0.05, 0) is 60.0 Å². The number of benzene rings is 6. The van der Waals surface area contributed by atoms with E-state index in [0.29, 0.717) is 0 Å². The molecule has 0 aliphatic rings. The highest BCUT2D eigenvalue weighted by atomic mass is 32.1. The Morgan fingerprint density at radius 2 is 1.23 bits per heavy atom. The number of hydrogen-bond acceptors (Lipinski definition) is 2. The second kappa shape index (κ2) is 7.79. The van der Waals surface area contributed by atoms with E-state index in [-0.39, 0.29) is 0 Å². The Hall–Kier alpha value is -4.93. The van der Waals surface area contributed by atoms with Gasteiger partial charge < -0.3 is 9.13 Å². The first-order chi connectivity index (χ1) is 19.3. The van der Waals surface area contributed by atoms with Crippen molar-refractivity contribution in [3.05, 3.63) is 127 Å². The summed E-state index contributed by atoms with van der Waals surface area (Å²) in [6.45, 7) is 0. The van der Waals surface area contributed by atoms with Crippen LogP contribution in [0.5, 0.6) is 0 Å². The maximum absolute atomic E-state index is 4.62. The Bertz CT molecular complexity index is 2390. The summed E-state index contributed by atoms with van der Waals surface area (Å²) in [7, 11) is 0. The van der Waals surface area contributed by atoms with Crippen LogP contribution in [0.2, 0.25) is 0 Å². The zero-order valence-corrected chi connectivity index (χ0v) is 21.7. The first kappa shape index (κ1) is 21.1. The minimum Gasteiger partial charge on any atom is -0.309 e. The number of hydrogen-bond donors (Lipinski definition) is 0. The molecule has 0 spiro atoms. The van der Waals surface area contributed by atoms with Gasteiger partial charge >= 0.3 is 0 Å². The zero-order chi connectivity index (χ0) is 25.5. The summed E-state index contributed by atoms with van der Waals surface area (Å²) in [6, 6.07) is 44.1. The number of rotatable bonds is 2. The molecular formula is C35H21N3S. The largest absolute Gasteiger partial charge is 0.309 e. The summed E-state index contributed by atoms with van der Waals surface area (Å²) in [4.78, 5) is 4.62. The van der Waals surface area contributed by atoms with Crippen LogP contribution in [-0.2, 0) is 0 Å². The Balaban J connectivity index is 1.47. The summed E-state index contributed by atoms with van der Waals surface area (Å²) >= 11 is 1.68. The van der Waals surface area contributed by atoms with Gasteiger partial charge in [0, 0.05) is 38.3 Å². The van der Waals surface area contributed by atoms with Gasteiger partial charge in [0.2, 0.25) is 0 Å². The Morgan fingerprint density at radius 1 is 0.487 bits per heavy atom. The van der Waals surface area contributed by atoms with Crippen LogP contribution in [0.15, 0.2) is 127 Å². The minimum atomic E-state index is 1.04. The molecular weight excluding hydrogens is 494 g/mol. The summed E-state index contributed by atoms with van der Waals surface area (Å²) in [5, 5.41) is 7.55. The molecule has 0 atom stereocenters. The number of aromatic nitrogens is 3. The van der Waals surface area contributed by atoms with E-state index in [4.69, 9.17) is 0 Å². The van der Waals surface area contributed by atoms with E-state index in [0.717, 1.165) is 11.2 Å². The Labute approximate surface area is 227 Å². The van der Waals surface area contributed by atoms with Gasteiger partial charge in [-0.25, -0.2) is 4.98 Å². The van der Waals surface area contributed by atoms with Crippen LogP contribution in [0, 0.1) is 0 Å². The predicted molar refractivity (Wildman–Crippen MR) is 166 cm³/mol. The molecule has 0 radical (unpaired) electrons. The predicted octanol–water partition coefficient (Wildman–Crippen LogP) is 9.64. The number of para-hydroxylation sites is 3. The van der Waals surface area contributed by atoms with Gasteiger partial charge in [-0.3, -0.25) is 0 Å². The molecule has 4 heteroatoms. The molecule has 0 saturated carbocycles. The SMILES string of the molecule is c1ccc(-n2c3ccccc3c3cc4c(ccc5c6ccccc6n(-c6ccc7scnc7c6)c45)cc32)cc1. The fraction of sp³-hybridized carbons (Fsp3) is 0. The van der Waals surface area contributed by atoms with E-state index in [1.807, 2.05) is 5.51 Å². The summed E-state index contributed by atoms with van der Waals surface area (Å²) < 4.78 is 6.02. The summed E-state index contributed by atoms with van der Waals surface area (Å²) in [5.41, 5.74) is 10.2. The van der Waals surface area contributed by atoms with Crippen LogP contribution in [0.4, 0.5) is 0 Å². The maximum Gasteiger partial charge on any atom is 0.0832 e. The third-order valence-electron chi connectivity index (χ3n) is 8.03. The molecule has 3 aromatic heterocycles. The van der Waals surface area contributed by atoms with Crippen molar-refractivity contribution in [1.82, 2.24) is 14.1 Å². The van der Waals surface area contributed by atoms with Crippen LogP contribution in [0.1, 0.15) is 0 Å². The Morgan fingerprint density at radius 3 is 2.08 bits per heavy atom. The molecule has 0 bridgehead atoms. The fourth-order valence-corrected chi connectivity index (χ4v) is 7.01. The fourth-order valence-electron chi connectivity index (χ4n) is 6.36. The summed E-state index contributed by atoms with van der Waals surface area (Å²) in [5.74, 6) is 0. The second-order valence-corrected chi connectivity index (χ2v) is 11.0. The van der Waals surface area contributed by atoms with Gasteiger partial charge in [0.25, 0.3) is 0 Å². The van der Waals surface area contributed by atoms with Crippen molar-refractivity contribution in [2.75, 3.05) is 0 Å². The quantitative estimate of drug-likeness (QED) is 0.225. The molecule has 6 aromatic carbocycles. The van der Waals surface area contributed by atoms with E-state index in [9.17, 15) is 0 Å². The van der Waals surface area contributed by atoms with Crippen LogP contribution in [-0.4, -0.2) is 14.1 Å². The lowest BCUT2D eigenvalue weighted by molar-refractivity contribution is 1.18. The molecule has 0 fully saturated rings. The van der Waals surface area contributed by atoms with Crippen LogP contribution in [0.25, 0.3) is 76.0 Å². The molecule has 0 amide bonds. The molecule has 0 unspecified atom stereocenters. The standard InChI is InChI=1S/C35H21N3S/c1-2-8-23(9-3-1)37-31-12-6-5-11-26(31)29-20-28-22(18-33(29)37)14-16-27-25-10-4-7-13-32(25)38(35(27)28)24-15-17-34-30(19-24)36-21-39-34/h1-21H. The zero-order valence-electron chi connectivity index (χ0n) is 20.9. The Kier molecular flexibility index (Phi) is 4.21. The number of thiazole rings is 1. The molecule has 0 aliphatic carbocycles. The van der Waals surface area contributed by atoms with E-state index < -0.39 is 0 Å². The van der Waals surface area contributed by atoms with Crippen molar-refractivity contribution in [1.29, 1.82) is 0 Å². The van der Waals surface area contributed by atoms with Crippen molar-refractivity contribution in [2.24, 2.45) is 0 Å².